The van der Waals surface area contributed by atoms with Gasteiger partial charge in [0.15, 0.2) is 5.11 Å². The molecular formula is C13H16N2O3S. The molecule has 0 amide bonds. The van der Waals surface area contributed by atoms with Crippen molar-refractivity contribution in [2.75, 3.05) is 6.61 Å². The van der Waals surface area contributed by atoms with Gasteiger partial charge in [0.1, 0.15) is 11.8 Å². The highest BCUT2D eigenvalue weighted by Gasteiger charge is 2.32. The first-order valence-corrected chi connectivity index (χ1v) is 6.53. The number of allylic oxidation sites excluding steroid dienone is 1. The second-order valence-electron chi connectivity index (χ2n) is 4.22. The summed E-state index contributed by atoms with van der Waals surface area (Å²) in [6.45, 7) is 4.14. The monoisotopic (exact) mass is 280 g/mol. The lowest BCUT2D eigenvalue weighted by Crippen LogP contribution is -2.45. The van der Waals surface area contributed by atoms with E-state index in [-0.39, 0.29) is 5.97 Å². The lowest BCUT2D eigenvalue weighted by molar-refractivity contribution is -0.139. The second kappa shape index (κ2) is 5.88. The summed E-state index contributed by atoms with van der Waals surface area (Å²) in [5.74, 6) is 0.273. The van der Waals surface area contributed by atoms with Crippen molar-refractivity contribution in [2.24, 2.45) is 0 Å². The smallest absolute Gasteiger partial charge is 0.338 e. The van der Waals surface area contributed by atoms with E-state index in [4.69, 9.17) is 21.4 Å². The van der Waals surface area contributed by atoms with E-state index in [1.165, 1.54) is 0 Å². The van der Waals surface area contributed by atoms with Crippen LogP contribution in [0.4, 0.5) is 0 Å². The number of furan rings is 1. The molecule has 2 N–H and O–H groups in total. The number of rotatable bonds is 4. The van der Waals surface area contributed by atoms with Gasteiger partial charge in [0.05, 0.1) is 18.4 Å². The Morgan fingerprint density at radius 1 is 1.58 bits per heavy atom. The SMILES string of the molecule is CCCOC(=O)C1=C(C)NC(=S)N[C@H]1c1ccco1. The Bertz CT molecular complexity index is 508. The Kier molecular flexibility index (Phi) is 4.21. The average Bonchev–Trinajstić information content (AvgIpc) is 2.88. The van der Waals surface area contributed by atoms with Gasteiger partial charge < -0.3 is 19.8 Å². The van der Waals surface area contributed by atoms with Gasteiger partial charge in [-0.15, -0.1) is 0 Å². The maximum Gasteiger partial charge on any atom is 0.338 e. The minimum absolute atomic E-state index is 0.358. The third kappa shape index (κ3) is 2.96. The summed E-state index contributed by atoms with van der Waals surface area (Å²) >= 11 is 5.11. The summed E-state index contributed by atoms with van der Waals surface area (Å²) in [4.78, 5) is 12.1. The molecule has 0 bridgehead atoms. The molecule has 2 heterocycles. The molecule has 102 valence electrons. The van der Waals surface area contributed by atoms with Gasteiger partial charge in [0.2, 0.25) is 0 Å². The van der Waals surface area contributed by atoms with Crippen molar-refractivity contribution in [2.45, 2.75) is 26.3 Å². The van der Waals surface area contributed by atoms with Crippen LogP contribution in [0.2, 0.25) is 0 Å². The van der Waals surface area contributed by atoms with Crippen molar-refractivity contribution in [3.8, 4) is 0 Å². The zero-order chi connectivity index (χ0) is 13.8. The van der Waals surface area contributed by atoms with Gasteiger partial charge in [-0.2, -0.15) is 0 Å². The fraction of sp³-hybridized carbons (Fsp3) is 0.385. The molecular weight excluding hydrogens is 264 g/mol. The van der Waals surface area contributed by atoms with E-state index in [2.05, 4.69) is 10.6 Å². The van der Waals surface area contributed by atoms with Crippen molar-refractivity contribution < 1.29 is 13.9 Å². The predicted octanol–water partition coefficient (Wildman–Crippen LogP) is 2.03. The molecule has 1 aliphatic rings. The second-order valence-corrected chi connectivity index (χ2v) is 4.63. The summed E-state index contributed by atoms with van der Waals surface area (Å²) < 4.78 is 10.6. The van der Waals surface area contributed by atoms with Gasteiger partial charge in [0.25, 0.3) is 0 Å². The van der Waals surface area contributed by atoms with Crippen LogP contribution in [0.1, 0.15) is 32.1 Å². The summed E-state index contributed by atoms with van der Waals surface area (Å²) in [6, 6.07) is 3.16. The van der Waals surface area contributed by atoms with Gasteiger partial charge in [0, 0.05) is 5.70 Å². The average molecular weight is 280 g/mol. The fourth-order valence-electron chi connectivity index (χ4n) is 1.91. The van der Waals surface area contributed by atoms with Crippen LogP contribution >= 0.6 is 12.2 Å². The summed E-state index contributed by atoms with van der Waals surface area (Å²) in [5, 5.41) is 6.42. The Morgan fingerprint density at radius 3 is 3.00 bits per heavy atom. The molecule has 1 aliphatic heterocycles. The Morgan fingerprint density at radius 2 is 2.37 bits per heavy atom. The van der Waals surface area contributed by atoms with Crippen LogP contribution in [-0.4, -0.2) is 17.7 Å². The standard InChI is InChI=1S/C13H16N2O3S/c1-3-6-18-12(16)10-8(2)14-13(19)15-11(10)9-5-4-7-17-9/h4-5,7,11H,3,6H2,1-2H3,(H2,14,15,19)/t11-/m0/s1. The molecule has 1 aromatic heterocycles. The van der Waals surface area contributed by atoms with E-state index in [9.17, 15) is 4.79 Å². The largest absolute Gasteiger partial charge is 0.467 e. The molecule has 2 rings (SSSR count). The molecule has 0 aliphatic carbocycles. The molecule has 0 radical (unpaired) electrons. The van der Waals surface area contributed by atoms with Gasteiger partial charge >= 0.3 is 5.97 Å². The zero-order valence-electron chi connectivity index (χ0n) is 10.9. The number of hydrogen-bond acceptors (Lipinski definition) is 4. The van der Waals surface area contributed by atoms with Crippen LogP contribution in [0, 0.1) is 0 Å². The fourth-order valence-corrected chi connectivity index (χ4v) is 2.18. The van der Waals surface area contributed by atoms with Gasteiger partial charge in [-0.25, -0.2) is 4.79 Å². The van der Waals surface area contributed by atoms with Crippen LogP contribution in [0.15, 0.2) is 34.1 Å². The number of hydrogen-bond donors (Lipinski definition) is 2. The lowest BCUT2D eigenvalue weighted by Gasteiger charge is -2.28. The quantitative estimate of drug-likeness (QED) is 0.650. The highest BCUT2D eigenvalue weighted by molar-refractivity contribution is 7.80. The maximum atomic E-state index is 12.1. The number of carbonyl (C=O) groups excluding carboxylic acids is 1. The zero-order valence-corrected chi connectivity index (χ0v) is 11.7. The lowest BCUT2D eigenvalue weighted by atomic mass is 10.0. The maximum absolute atomic E-state index is 12.1. The van der Waals surface area contributed by atoms with Gasteiger partial charge in [-0.1, -0.05) is 6.92 Å². The van der Waals surface area contributed by atoms with Gasteiger partial charge in [-0.05, 0) is 37.7 Å². The minimum Gasteiger partial charge on any atom is -0.467 e. The number of esters is 1. The van der Waals surface area contributed by atoms with Gasteiger partial charge in [-0.3, -0.25) is 0 Å². The molecule has 0 saturated heterocycles. The Balaban J connectivity index is 2.31. The summed E-state index contributed by atoms with van der Waals surface area (Å²) in [5.41, 5.74) is 1.18. The molecule has 0 spiro atoms. The van der Waals surface area contributed by atoms with Crippen molar-refractivity contribution >= 4 is 23.3 Å². The van der Waals surface area contributed by atoms with E-state index in [1.807, 2.05) is 6.92 Å². The third-order valence-electron chi connectivity index (χ3n) is 2.75. The number of ether oxygens (including phenoxy) is 1. The van der Waals surface area contributed by atoms with Crippen LogP contribution in [-0.2, 0) is 9.53 Å². The third-order valence-corrected chi connectivity index (χ3v) is 2.97. The van der Waals surface area contributed by atoms with Crippen LogP contribution in [0.3, 0.4) is 0 Å². The number of thiocarbonyl (C=S) groups is 1. The topological polar surface area (TPSA) is 63.5 Å². The first-order valence-electron chi connectivity index (χ1n) is 6.12. The molecule has 1 aromatic rings. The molecule has 6 heteroatoms. The van der Waals surface area contributed by atoms with E-state index < -0.39 is 6.04 Å². The normalized spacial score (nSPS) is 18.8. The molecule has 19 heavy (non-hydrogen) atoms. The Hall–Kier alpha value is -1.82. The number of carbonyl (C=O) groups is 1. The summed E-state index contributed by atoms with van der Waals surface area (Å²) in [7, 11) is 0. The van der Waals surface area contributed by atoms with Crippen molar-refractivity contribution in [3.05, 3.63) is 35.4 Å². The van der Waals surface area contributed by atoms with Crippen molar-refractivity contribution in [1.82, 2.24) is 10.6 Å². The van der Waals surface area contributed by atoms with Crippen LogP contribution < -0.4 is 10.6 Å². The van der Waals surface area contributed by atoms with E-state index in [0.29, 0.717) is 28.7 Å². The Labute approximate surface area is 117 Å². The molecule has 0 aromatic carbocycles. The van der Waals surface area contributed by atoms with Crippen LogP contribution in [0.5, 0.6) is 0 Å². The molecule has 0 saturated carbocycles. The first-order chi connectivity index (χ1) is 9.13. The molecule has 5 nitrogen and oxygen atoms in total. The highest BCUT2D eigenvalue weighted by Crippen LogP contribution is 2.27. The summed E-state index contributed by atoms with van der Waals surface area (Å²) in [6.07, 6.45) is 2.34. The molecule has 1 atom stereocenters. The predicted molar refractivity (Wildman–Crippen MR) is 74.3 cm³/mol. The van der Waals surface area contributed by atoms with Crippen LogP contribution in [0.25, 0.3) is 0 Å². The van der Waals surface area contributed by atoms with Crippen molar-refractivity contribution in [3.63, 3.8) is 0 Å². The van der Waals surface area contributed by atoms with Crippen molar-refractivity contribution in [1.29, 1.82) is 0 Å². The highest BCUT2D eigenvalue weighted by atomic mass is 32.1. The molecule has 0 fully saturated rings. The first kappa shape index (κ1) is 13.6. The van der Waals surface area contributed by atoms with E-state index in [1.54, 1.807) is 25.3 Å². The van der Waals surface area contributed by atoms with E-state index in [0.717, 1.165) is 6.42 Å². The number of nitrogens with one attached hydrogen (secondary N) is 2. The molecule has 0 unspecified atom stereocenters. The minimum atomic E-state index is -0.409. The van der Waals surface area contributed by atoms with E-state index >= 15 is 0 Å².